The van der Waals surface area contributed by atoms with Gasteiger partial charge in [0.15, 0.2) is 0 Å². The Balaban J connectivity index is 2.18. The maximum atomic E-state index is 11.9. The van der Waals surface area contributed by atoms with E-state index in [1.165, 1.54) is 7.11 Å². The molecule has 0 aliphatic rings. The van der Waals surface area contributed by atoms with E-state index >= 15 is 0 Å². The van der Waals surface area contributed by atoms with Gasteiger partial charge in [-0.15, -0.1) is 0 Å². The molecule has 0 N–H and O–H groups in total. The number of hydrogen-bond acceptors (Lipinski definition) is 4. The zero-order chi connectivity index (χ0) is 16.3. The molecule has 0 unspecified atom stereocenters. The molecule has 22 heavy (non-hydrogen) atoms. The Labute approximate surface area is 139 Å². The van der Waals surface area contributed by atoms with E-state index in [4.69, 9.17) is 9.47 Å². The van der Waals surface area contributed by atoms with E-state index in [0.29, 0.717) is 12.3 Å². The third kappa shape index (κ3) is 4.18. The van der Waals surface area contributed by atoms with Gasteiger partial charge in [0.25, 0.3) is 0 Å². The SMILES string of the molecule is COC(=O)c1cc(Br)cc2c1cnn2COCC[Si](C)(C)C. The molecule has 5 nitrogen and oxygen atoms in total. The molecule has 0 aliphatic heterocycles. The second-order valence-corrected chi connectivity index (χ2v) is 12.9. The van der Waals surface area contributed by atoms with E-state index in [1.54, 1.807) is 16.9 Å². The standard InChI is InChI=1S/C15H21BrN2O3Si/c1-20-15(19)12-7-11(16)8-14-13(12)9-17-18(14)10-21-5-6-22(2,3)4/h7-9H,5-6,10H2,1-4H3. The number of nitrogens with zero attached hydrogens (tertiary/aromatic N) is 2. The molecule has 0 aliphatic carbocycles. The lowest BCUT2D eigenvalue weighted by Crippen LogP contribution is -2.22. The van der Waals surface area contributed by atoms with Crippen molar-refractivity contribution in [3.8, 4) is 0 Å². The zero-order valence-electron chi connectivity index (χ0n) is 13.4. The van der Waals surface area contributed by atoms with Crippen molar-refractivity contribution in [2.24, 2.45) is 0 Å². The fourth-order valence-corrected chi connectivity index (χ4v) is 3.26. The smallest absolute Gasteiger partial charge is 0.338 e. The summed E-state index contributed by atoms with van der Waals surface area (Å²) in [5, 5.41) is 5.09. The van der Waals surface area contributed by atoms with Gasteiger partial charge in [-0.1, -0.05) is 35.6 Å². The van der Waals surface area contributed by atoms with Crippen LogP contribution in [0, 0.1) is 0 Å². The van der Waals surface area contributed by atoms with Gasteiger partial charge >= 0.3 is 5.97 Å². The Kier molecular flexibility index (Phi) is 5.41. The lowest BCUT2D eigenvalue weighted by atomic mass is 10.1. The molecule has 0 atom stereocenters. The number of fused-ring (bicyclic) bond motifs is 1. The minimum Gasteiger partial charge on any atom is -0.465 e. The van der Waals surface area contributed by atoms with Crippen molar-refractivity contribution >= 4 is 40.9 Å². The van der Waals surface area contributed by atoms with Crippen LogP contribution in [0.25, 0.3) is 10.9 Å². The zero-order valence-corrected chi connectivity index (χ0v) is 15.9. The summed E-state index contributed by atoms with van der Waals surface area (Å²) in [5.74, 6) is -0.370. The highest BCUT2D eigenvalue weighted by molar-refractivity contribution is 9.10. The van der Waals surface area contributed by atoms with Crippen LogP contribution in [-0.2, 0) is 16.2 Å². The summed E-state index contributed by atoms with van der Waals surface area (Å²) in [7, 11) is 0.280. The highest BCUT2D eigenvalue weighted by Crippen LogP contribution is 2.25. The third-order valence-electron chi connectivity index (χ3n) is 3.34. The number of aromatic nitrogens is 2. The summed E-state index contributed by atoms with van der Waals surface area (Å²) in [6, 6.07) is 4.78. The van der Waals surface area contributed by atoms with Crippen LogP contribution in [0.1, 0.15) is 10.4 Å². The Morgan fingerprint density at radius 2 is 2.09 bits per heavy atom. The molecule has 0 radical (unpaired) electrons. The molecular formula is C15H21BrN2O3Si. The van der Waals surface area contributed by atoms with Gasteiger partial charge in [-0.2, -0.15) is 5.10 Å². The average molecular weight is 385 g/mol. The van der Waals surface area contributed by atoms with E-state index in [1.807, 2.05) is 6.07 Å². The number of rotatable bonds is 6. The maximum Gasteiger partial charge on any atom is 0.338 e. The molecule has 1 heterocycles. The molecule has 1 aromatic carbocycles. The summed E-state index contributed by atoms with van der Waals surface area (Å²) < 4.78 is 13.1. The van der Waals surface area contributed by atoms with Crippen molar-refractivity contribution in [1.29, 1.82) is 0 Å². The van der Waals surface area contributed by atoms with Crippen LogP contribution in [0.3, 0.4) is 0 Å². The van der Waals surface area contributed by atoms with Gasteiger partial charge in [0, 0.05) is 24.5 Å². The Morgan fingerprint density at radius 3 is 2.73 bits per heavy atom. The van der Waals surface area contributed by atoms with Crippen LogP contribution in [0.4, 0.5) is 0 Å². The fraction of sp³-hybridized carbons (Fsp3) is 0.467. The summed E-state index contributed by atoms with van der Waals surface area (Å²) in [6.45, 7) is 8.07. The number of carbonyl (C=O) groups is 1. The number of halogens is 1. The first kappa shape index (κ1) is 17.2. The fourth-order valence-electron chi connectivity index (χ4n) is 2.05. The highest BCUT2D eigenvalue weighted by atomic mass is 79.9. The Hall–Kier alpha value is -1.18. The Bertz CT molecular complexity index is 679. The van der Waals surface area contributed by atoms with E-state index in [0.717, 1.165) is 28.0 Å². The van der Waals surface area contributed by atoms with E-state index < -0.39 is 8.07 Å². The molecule has 0 saturated heterocycles. The lowest BCUT2D eigenvalue weighted by molar-refractivity contribution is 0.0602. The molecule has 0 fully saturated rings. The molecule has 0 saturated carbocycles. The largest absolute Gasteiger partial charge is 0.465 e. The van der Waals surface area contributed by atoms with Crippen molar-refractivity contribution in [3.05, 3.63) is 28.4 Å². The normalized spacial score (nSPS) is 11.9. The molecule has 7 heteroatoms. The third-order valence-corrected chi connectivity index (χ3v) is 5.50. The van der Waals surface area contributed by atoms with Gasteiger partial charge < -0.3 is 9.47 Å². The van der Waals surface area contributed by atoms with E-state index in [-0.39, 0.29) is 5.97 Å². The highest BCUT2D eigenvalue weighted by Gasteiger charge is 2.16. The average Bonchev–Trinajstić information content (AvgIpc) is 2.84. The number of methoxy groups -OCH3 is 1. The van der Waals surface area contributed by atoms with E-state index in [2.05, 4.69) is 40.7 Å². The van der Waals surface area contributed by atoms with Crippen molar-refractivity contribution in [2.45, 2.75) is 32.4 Å². The van der Waals surface area contributed by atoms with E-state index in [9.17, 15) is 4.79 Å². The first-order chi connectivity index (χ1) is 10.3. The van der Waals surface area contributed by atoms with Gasteiger partial charge in [-0.25, -0.2) is 9.48 Å². The molecule has 2 aromatic rings. The van der Waals surface area contributed by atoms with Crippen molar-refractivity contribution in [3.63, 3.8) is 0 Å². The maximum absolute atomic E-state index is 11.9. The molecular weight excluding hydrogens is 364 g/mol. The second-order valence-electron chi connectivity index (χ2n) is 6.37. The predicted octanol–water partition coefficient (Wildman–Crippen LogP) is 3.90. The summed E-state index contributed by atoms with van der Waals surface area (Å²) in [5.41, 5.74) is 1.35. The molecule has 2 rings (SSSR count). The van der Waals surface area contributed by atoms with Crippen molar-refractivity contribution in [2.75, 3.05) is 13.7 Å². The predicted molar refractivity (Wildman–Crippen MR) is 92.9 cm³/mol. The first-order valence-electron chi connectivity index (χ1n) is 7.13. The van der Waals surface area contributed by atoms with Crippen LogP contribution >= 0.6 is 15.9 Å². The van der Waals surface area contributed by atoms with Crippen LogP contribution < -0.4 is 0 Å². The van der Waals surface area contributed by atoms with Gasteiger partial charge in [-0.3, -0.25) is 0 Å². The van der Waals surface area contributed by atoms with Crippen LogP contribution in [0.5, 0.6) is 0 Å². The molecule has 0 spiro atoms. The topological polar surface area (TPSA) is 53.3 Å². The summed E-state index contributed by atoms with van der Waals surface area (Å²) >= 11 is 3.42. The number of benzene rings is 1. The summed E-state index contributed by atoms with van der Waals surface area (Å²) in [6.07, 6.45) is 1.68. The molecule has 0 amide bonds. The second kappa shape index (κ2) is 6.93. The lowest BCUT2D eigenvalue weighted by Gasteiger charge is -2.15. The minimum absolute atomic E-state index is 0.370. The first-order valence-corrected chi connectivity index (χ1v) is 11.6. The quantitative estimate of drug-likeness (QED) is 0.430. The molecule has 120 valence electrons. The summed E-state index contributed by atoms with van der Waals surface area (Å²) in [4.78, 5) is 11.9. The monoisotopic (exact) mass is 384 g/mol. The van der Waals surface area contributed by atoms with Crippen LogP contribution in [0.2, 0.25) is 25.7 Å². The van der Waals surface area contributed by atoms with Crippen molar-refractivity contribution in [1.82, 2.24) is 9.78 Å². The van der Waals surface area contributed by atoms with Gasteiger partial charge in [0.1, 0.15) is 6.73 Å². The van der Waals surface area contributed by atoms with Gasteiger partial charge in [-0.05, 0) is 18.2 Å². The number of carbonyl (C=O) groups excluding carboxylic acids is 1. The molecule has 0 bridgehead atoms. The number of ether oxygens (including phenoxy) is 2. The van der Waals surface area contributed by atoms with Gasteiger partial charge in [0.2, 0.25) is 0 Å². The van der Waals surface area contributed by atoms with Crippen LogP contribution in [0.15, 0.2) is 22.8 Å². The Morgan fingerprint density at radius 1 is 1.36 bits per heavy atom. The number of esters is 1. The minimum atomic E-state index is -1.09. The molecule has 1 aromatic heterocycles. The number of hydrogen-bond donors (Lipinski definition) is 0. The van der Waals surface area contributed by atoms with Gasteiger partial charge in [0.05, 0.1) is 24.4 Å². The van der Waals surface area contributed by atoms with Crippen LogP contribution in [-0.4, -0.2) is 37.5 Å². The van der Waals surface area contributed by atoms with Crippen molar-refractivity contribution < 1.29 is 14.3 Å².